The molecular weight excluding hydrogens is 312 g/mol. The molecule has 1 aliphatic rings. The molecule has 0 aromatic carbocycles. The van der Waals surface area contributed by atoms with Crippen LogP contribution in [0, 0.1) is 5.92 Å². The average Bonchev–Trinajstić information content (AvgIpc) is 2.38. The molecule has 0 saturated carbocycles. The molecule has 1 aromatic heterocycles. The van der Waals surface area contributed by atoms with Crippen molar-refractivity contribution in [3.8, 4) is 0 Å². The molecule has 6 heteroatoms. The first-order chi connectivity index (χ1) is 8.99. The maximum absolute atomic E-state index is 12.3. The normalized spacial score (nSPS) is 23.2. The van der Waals surface area contributed by atoms with Crippen LogP contribution in [0.2, 0.25) is 0 Å². The van der Waals surface area contributed by atoms with Gasteiger partial charge in [0.2, 0.25) is 0 Å². The van der Waals surface area contributed by atoms with Crippen LogP contribution in [0.1, 0.15) is 30.3 Å². The van der Waals surface area contributed by atoms with E-state index < -0.39 is 5.97 Å². The average molecular weight is 327 g/mol. The van der Waals surface area contributed by atoms with Crippen LogP contribution in [0.25, 0.3) is 0 Å². The summed E-state index contributed by atoms with van der Waals surface area (Å²) in [6.07, 6.45) is 2.58. The lowest BCUT2D eigenvalue weighted by Gasteiger charge is -2.36. The topological polar surface area (TPSA) is 70.5 Å². The number of carbonyl (C=O) groups excluding carboxylic acids is 1. The molecule has 1 saturated heterocycles. The van der Waals surface area contributed by atoms with Crippen molar-refractivity contribution in [2.45, 2.75) is 25.8 Å². The van der Waals surface area contributed by atoms with Crippen LogP contribution < -0.4 is 0 Å². The molecule has 2 atom stereocenters. The summed E-state index contributed by atoms with van der Waals surface area (Å²) in [4.78, 5) is 29.1. The van der Waals surface area contributed by atoms with Gasteiger partial charge in [-0.15, -0.1) is 0 Å². The minimum absolute atomic E-state index is 0.0761. The van der Waals surface area contributed by atoms with Crippen LogP contribution in [0.5, 0.6) is 0 Å². The van der Waals surface area contributed by atoms with E-state index in [1.807, 2.05) is 6.92 Å². The molecule has 1 aliphatic heterocycles. The summed E-state index contributed by atoms with van der Waals surface area (Å²) in [5.74, 6) is -1.26. The van der Waals surface area contributed by atoms with Crippen LogP contribution in [0.3, 0.4) is 0 Å². The Morgan fingerprint density at radius 3 is 2.74 bits per heavy atom. The number of hydrogen-bond donors (Lipinski definition) is 1. The number of rotatable bonds is 2. The fourth-order valence-corrected chi connectivity index (χ4v) is 2.58. The van der Waals surface area contributed by atoms with Crippen molar-refractivity contribution >= 4 is 27.8 Å². The number of aliphatic carboxylic acids is 1. The lowest BCUT2D eigenvalue weighted by Crippen LogP contribution is -2.46. The Kier molecular flexibility index (Phi) is 4.19. The van der Waals surface area contributed by atoms with Gasteiger partial charge in [0.05, 0.1) is 5.92 Å². The zero-order chi connectivity index (χ0) is 14.0. The van der Waals surface area contributed by atoms with Gasteiger partial charge in [0.1, 0.15) is 5.69 Å². The van der Waals surface area contributed by atoms with E-state index in [1.165, 1.54) is 0 Å². The molecule has 0 spiro atoms. The van der Waals surface area contributed by atoms with Crippen molar-refractivity contribution in [2.75, 3.05) is 6.54 Å². The van der Waals surface area contributed by atoms with Crippen LogP contribution in [-0.2, 0) is 4.79 Å². The van der Waals surface area contributed by atoms with E-state index >= 15 is 0 Å². The minimum Gasteiger partial charge on any atom is -0.481 e. The Labute approximate surface area is 119 Å². The van der Waals surface area contributed by atoms with Gasteiger partial charge in [0.15, 0.2) is 0 Å². The molecule has 0 aliphatic carbocycles. The quantitative estimate of drug-likeness (QED) is 0.904. The molecule has 1 aromatic rings. The van der Waals surface area contributed by atoms with Gasteiger partial charge in [-0.25, -0.2) is 4.98 Å². The number of pyridine rings is 1. The summed E-state index contributed by atoms with van der Waals surface area (Å²) in [5.41, 5.74) is 0.392. The van der Waals surface area contributed by atoms with Gasteiger partial charge in [0, 0.05) is 23.3 Å². The first kappa shape index (κ1) is 14.0. The molecule has 5 nitrogen and oxygen atoms in total. The van der Waals surface area contributed by atoms with Crippen molar-refractivity contribution in [1.29, 1.82) is 0 Å². The number of piperidine rings is 1. The highest BCUT2D eigenvalue weighted by Crippen LogP contribution is 2.24. The lowest BCUT2D eigenvalue weighted by molar-refractivity contribution is -0.143. The molecule has 2 heterocycles. The largest absolute Gasteiger partial charge is 0.481 e. The highest BCUT2D eigenvalue weighted by Gasteiger charge is 2.32. The summed E-state index contributed by atoms with van der Waals surface area (Å²) < 4.78 is 0.821. The zero-order valence-electron chi connectivity index (χ0n) is 10.5. The number of aromatic nitrogens is 1. The van der Waals surface area contributed by atoms with Gasteiger partial charge in [-0.3, -0.25) is 9.59 Å². The summed E-state index contributed by atoms with van der Waals surface area (Å²) >= 11 is 3.27. The second kappa shape index (κ2) is 5.69. The van der Waals surface area contributed by atoms with Crippen molar-refractivity contribution in [3.63, 3.8) is 0 Å². The Bertz CT molecular complexity index is 489. The van der Waals surface area contributed by atoms with E-state index in [-0.39, 0.29) is 17.9 Å². The Morgan fingerprint density at radius 2 is 2.21 bits per heavy atom. The highest BCUT2D eigenvalue weighted by molar-refractivity contribution is 9.10. The third kappa shape index (κ3) is 3.12. The number of amides is 1. The van der Waals surface area contributed by atoms with Crippen molar-refractivity contribution < 1.29 is 14.7 Å². The van der Waals surface area contributed by atoms with Crippen molar-refractivity contribution in [2.24, 2.45) is 5.92 Å². The zero-order valence-corrected chi connectivity index (χ0v) is 12.1. The predicted octanol–water partition coefficient (Wildman–Crippen LogP) is 2.17. The fourth-order valence-electron chi connectivity index (χ4n) is 2.35. The van der Waals surface area contributed by atoms with Gasteiger partial charge < -0.3 is 10.0 Å². The van der Waals surface area contributed by atoms with Crippen molar-refractivity contribution in [1.82, 2.24) is 9.88 Å². The summed E-state index contributed by atoms with van der Waals surface area (Å²) in [7, 11) is 0. The van der Waals surface area contributed by atoms with Crippen molar-refractivity contribution in [3.05, 3.63) is 28.5 Å². The minimum atomic E-state index is -0.777. The number of carboxylic acids is 1. The van der Waals surface area contributed by atoms with E-state index in [9.17, 15) is 9.59 Å². The third-order valence-electron chi connectivity index (χ3n) is 3.43. The van der Waals surface area contributed by atoms with Gasteiger partial charge in [-0.05, 0) is 47.8 Å². The molecule has 2 unspecified atom stereocenters. The van der Waals surface area contributed by atoms with E-state index in [1.54, 1.807) is 23.2 Å². The lowest BCUT2D eigenvalue weighted by atomic mass is 9.91. The molecular formula is C13H15BrN2O3. The smallest absolute Gasteiger partial charge is 0.306 e. The highest BCUT2D eigenvalue weighted by atomic mass is 79.9. The maximum Gasteiger partial charge on any atom is 0.306 e. The second-order valence-electron chi connectivity index (χ2n) is 4.77. The molecule has 102 valence electrons. The standard InChI is InChI=1S/C13H15BrN2O3/c1-8-6-9(13(18)19)4-5-16(8)12(17)11-3-2-10(14)7-15-11/h2-3,7-9H,4-6H2,1H3,(H,18,19). The van der Waals surface area contributed by atoms with E-state index in [2.05, 4.69) is 20.9 Å². The summed E-state index contributed by atoms with van der Waals surface area (Å²) in [6, 6.07) is 3.37. The first-order valence-corrected chi connectivity index (χ1v) is 6.93. The SMILES string of the molecule is CC1CC(C(=O)O)CCN1C(=O)c1ccc(Br)cn1. The Hall–Kier alpha value is -1.43. The van der Waals surface area contributed by atoms with Gasteiger partial charge in [-0.2, -0.15) is 0 Å². The number of carboxylic acid groups (broad SMARTS) is 1. The monoisotopic (exact) mass is 326 g/mol. The molecule has 1 N–H and O–H groups in total. The van der Waals surface area contributed by atoms with Gasteiger partial charge >= 0.3 is 5.97 Å². The van der Waals surface area contributed by atoms with Gasteiger partial charge in [-0.1, -0.05) is 0 Å². The molecule has 2 rings (SSSR count). The van der Waals surface area contributed by atoms with Crippen LogP contribution in [0.4, 0.5) is 0 Å². The maximum atomic E-state index is 12.3. The first-order valence-electron chi connectivity index (χ1n) is 6.14. The number of nitrogens with zero attached hydrogens (tertiary/aromatic N) is 2. The number of hydrogen-bond acceptors (Lipinski definition) is 3. The second-order valence-corrected chi connectivity index (χ2v) is 5.68. The van der Waals surface area contributed by atoms with Gasteiger partial charge in [0.25, 0.3) is 5.91 Å². The molecule has 1 amide bonds. The number of likely N-dealkylation sites (tertiary alicyclic amines) is 1. The predicted molar refractivity (Wildman–Crippen MR) is 72.8 cm³/mol. The molecule has 19 heavy (non-hydrogen) atoms. The molecule has 0 radical (unpaired) electrons. The van der Waals surface area contributed by atoms with E-state index in [0.717, 1.165) is 4.47 Å². The summed E-state index contributed by atoms with van der Waals surface area (Å²) in [5, 5.41) is 9.01. The third-order valence-corrected chi connectivity index (χ3v) is 3.90. The Balaban J connectivity index is 2.08. The van der Waals surface area contributed by atoms with Crippen LogP contribution in [-0.4, -0.2) is 39.5 Å². The van der Waals surface area contributed by atoms with Crippen LogP contribution >= 0.6 is 15.9 Å². The summed E-state index contributed by atoms with van der Waals surface area (Å²) in [6.45, 7) is 2.35. The van der Waals surface area contributed by atoms with Crippen LogP contribution in [0.15, 0.2) is 22.8 Å². The number of halogens is 1. The molecule has 1 fully saturated rings. The fraction of sp³-hybridized carbons (Fsp3) is 0.462. The number of carbonyl (C=O) groups is 2. The van der Waals surface area contributed by atoms with E-state index in [4.69, 9.17) is 5.11 Å². The molecule has 0 bridgehead atoms. The van der Waals surface area contributed by atoms with E-state index in [0.29, 0.717) is 25.1 Å². The Morgan fingerprint density at radius 1 is 1.47 bits per heavy atom.